The SMILES string of the molecule is C(#Cc1ccccc1)CCc1ccccn1. The number of hydrogen-bond donors (Lipinski definition) is 0. The molecule has 1 heteroatoms. The standard InChI is InChI=1S/C15H13N/c1-2-8-14(9-3-1)10-4-5-11-15-12-6-7-13-16-15/h1-3,6-9,12-13H,5,11H2. The lowest BCUT2D eigenvalue weighted by Crippen LogP contribution is -1.86. The molecule has 0 saturated heterocycles. The fourth-order valence-electron chi connectivity index (χ4n) is 1.42. The van der Waals surface area contributed by atoms with Gasteiger partial charge in [-0.3, -0.25) is 4.98 Å². The van der Waals surface area contributed by atoms with Crippen LogP contribution < -0.4 is 0 Å². The summed E-state index contributed by atoms with van der Waals surface area (Å²) in [6.45, 7) is 0. The smallest absolute Gasteiger partial charge is 0.0413 e. The first-order chi connectivity index (χ1) is 7.95. The van der Waals surface area contributed by atoms with Crippen LogP contribution in [0.3, 0.4) is 0 Å². The van der Waals surface area contributed by atoms with Crippen LogP contribution in [-0.2, 0) is 6.42 Å². The predicted octanol–water partition coefficient (Wildman–Crippen LogP) is 3.07. The van der Waals surface area contributed by atoms with Crippen molar-refractivity contribution >= 4 is 0 Å². The largest absolute Gasteiger partial charge is 0.261 e. The molecule has 1 heterocycles. The van der Waals surface area contributed by atoms with Crippen LogP contribution >= 0.6 is 0 Å². The van der Waals surface area contributed by atoms with Crippen LogP contribution in [0.15, 0.2) is 54.7 Å². The fourth-order valence-corrected chi connectivity index (χ4v) is 1.42. The van der Waals surface area contributed by atoms with Gasteiger partial charge in [-0.2, -0.15) is 0 Å². The summed E-state index contributed by atoms with van der Waals surface area (Å²) in [6, 6.07) is 16.0. The van der Waals surface area contributed by atoms with E-state index in [1.165, 1.54) is 0 Å². The molecule has 0 bridgehead atoms. The van der Waals surface area contributed by atoms with Crippen LogP contribution in [0, 0.1) is 11.8 Å². The number of nitrogens with zero attached hydrogens (tertiary/aromatic N) is 1. The highest BCUT2D eigenvalue weighted by Gasteiger charge is 1.89. The van der Waals surface area contributed by atoms with Gasteiger partial charge in [-0.1, -0.05) is 36.1 Å². The Balaban J connectivity index is 1.87. The van der Waals surface area contributed by atoms with Gasteiger partial charge in [-0.05, 0) is 24.3 Å². The van der Waals surface area contributed by atoms with E-state index < -0.39 is 0 Å². The Hall–Kier alpha value is -2.07. The van der Waals surface area contributed by atoms with Gasteiger partial charge in [0, 0.05) is 30.3 Å². The second-order valence-corrected chi connectivity index (χ2v) is 3.49. The third kappa shape index (κ3) is 3.25. The van der Waals surface area contributed by atoms with E-state index in [1.807, 2.05) is 54.7 Å². The molecule has 1 nitrogen and oxygen atoms in total. The molecule has 2 rings (SSSR count). The Morgan fingerprint density at radius 1 is 0.938 bits per heavy atom. The van der Waals surface area contributed by atoms with E-state index in [0.717, 1.165) is 24.1 Å². The summed E-state index contributed by atoms with van der Waals surface area (Å²) < 4.78 is 0. The Morgan fingerprint density at radius 2 is 1.75 bits per heavy atom. The van der Waals surface area contributed by atoms with E-state index in [1.54, 1.807) is 0 Å². The lowest BCUT2D eigenvalue weighted by molar-refractivity contribution is 0.962. The number of benzene rings is 1. The van der Waals surface area contributed by atoms with Crippen LogP contribution in [0.25, 0.3) is 0 Å². The number of aromatic nitrogens is 1. The van der Waals surface area contributed by atoms with E-state index in [-0.39, 0.29) is 0 Å². The molecule has 0 aliphatic heterocycles. The third-order valence-corrected chi connectivity index (χ3v) is 2.24. The maximum absolute atomic E-state index is 4.26. The van der Waals surface area contributed by atoms with Crippen molar-refractivity contribution in [1.29, 1.82) is 0 Å². The summed E-state index contributed by atoms with van der Waals surface area (Å²) in [4.78, 5) is 4.26. The van der Waals surface area contributed by atoms with Crippen molar-refractivity contribution in [2.24, 2.45) is 0 Å². The van der Waals surface area contributed by atoms with Gasteiger partial charge in [-0.15, -0.1) is 0 Å². The maximum atomic E-state index is 4.26. The normalized spacial score (nSPS) is 9.25. The zero-order valence-corrected chi connectivity index (χ0v) is 9.06. The quantitative estimate of drug-likeness (QED) is 0.690. The molecule has 1 aromatic carbocycles. The zero-order chi connectivity index (χ0) is 11.1. The minimum atomic E-state index is 0.853. The van der Waals surface area contributed by atoms with Gasteiger partial charge in [0.15, 0.2) is 0 Å². The molecule has 78 valence electrons. The molecule has 0 amide bonds. The molecule has 1 aromatic heterocycles. The van der Waals surface area contributed by atoms with Crippen molar-refractivity contribution in [3.8, 4) is 11.8 Å². The summed E-state index contributed by atoms with van der Waals surface area (Å²) in [5.74, 6) is 6.30. The van der Waals surface area contributed by atoms with Crippen LogP contribution in [0.1, 0.15) is 17.7 Å². The Labute approximate surface area is 96.2 Å². The van der Waals surface area contributed by atoms with Gasteiger partial charge < -0.3 is 0 Å². The van der Waals surface area contributed by atoms with Crippen LogP contribution in [0.2, 0.25) is 0 Å². The van der Waals surface area contributed by atoms with Crippen molar-refractivity contribution in [2.45, 2.75) is 12.8 Å². The molecular weight excluding hydrogens is 194 g/mol. The maximum Gasteiger partial charge on any atom is 0.0413 e. The van der Waals surface area contributed by atoms with Gasteiger partial charge in [-0.25, -0.2) is 0 Å². The second-order valence-electron chi connectivity index (χ2n) is 3.49. The van der Waals surface area contributed by atoms with E-state index in [9.17, 15) is 0 Å². The number of aryl methyl sites for hydroxylation is 1. The van der Waals surface area contributed by atoms with E-state index >= 15 is 0 Å². The van der Waals surface area contributed by atoms with Crippen molar-refractivity contribution in [1.82, 2.24) is 4.98 Å². The summed E-state index contributed by atoms with van der Waals surface area (Å²) >= 11 is 0. The molecular formula is C15H13N. The van der Waals surface area contributed by atoms with Crippen LogP contribution in [0.4, 0.5) is 0 Å². The predicted molar refractivity (Wildman–Crippen MR) is 65.9 cm³/mol. The monoisotopic (exact) mass is 207 g/mol. The Kier molecular flexibility index (Phi) is 3.74. The second kappa shape index (κ2) is 5.72. The van der Waals surface area contributed by atoms with Crippen LogP contribution in [-0.4, -0.2) is 4.98 Å². The molecule has 0 saturated carbocycles. The average molecular weight is 207 g/mol. The van der Waals surface area contributed by atoms with Crippen molar-refractivity contribution in [2.75, 3.05) is 0 Å². The first-order valence-corrected chi connectivity index (χ1v) is 5.39. The summed E-state index contributed by atoms with van der Waals surface area (Å²) in [5.41, 5.74) is 2.17. The van der Waals surface area contributed by atoms with Gasteiger partial charge in [0.25, 0.3) is 0 Å². The number of pyridine rings is 1. The lowest BCUT2D eigenvalue weighted by atomic mass is 10.2. The molecule has 0 aliphatic carbocycles. The van der Waals surface area contributed by atoms with E-state index in [4.69, 9.17) is 0 Å². The molecule has 2 aromatic rings. The third-order valence-electron chi connectivity index (χ3n) is 2.24. The molecule has 16 heavy (non-hydrogen) atoms. The first kappa shape index (κ1) is 10.4. The first-order valence-electron chi connectivity index (χ1n) is 5.39. The Bertz CT molecular complexity index is 477. The van der Waals surface area contributed by atoms with Crippen molar-refractivity contribution < 1.29 is 0 Å². The van der Waals surface area contributed by atoms with Crippen LogP contribution in [0.5, 0.6) is 0 Å². The lowest BCUT2D eigenvalue weighted by Gasteiger charge is -1.93. The minimum Gasteiger partial charge on any atom is -0.261 e. The number of hydrogen-bond acceptors (Lipinski definition) is 1. The molecule has 0 spiro atoms. The van der Waals surface area contributed by atoms with Gasteiger partial charge in [0.1, 0.15) is 0 Å². The highest BCUT2D eigenvalue weighted by atomic mass is 14.7. The van der Waals surface area contributed by atoms with Gasteiger partial charge in [0.05, 0.1) is 0 Å². The highest BCUT2D eigenvalue weighted by molar-refractivity contribution is 5.33. The van der Waals surface area contributed by atoms with E-state index in [0.29, 0.717) is 0 Å². The number of rotatable bonds is 2. The average Bonchev–Trinajstić information content (AvgIpc) is 2.37. The van der Waals surface area contributed by atoms with Crippen molar-refractivity contribution in [3.05, 3.63) is 66.0 Å². The highest BCUT2D eigenvalue weighted by Crippen LogP contribution is 1.98. The molecule has 0 atom stereocenters. The topological polar surface area (TPSA) is 12.9 Å². The van der Waals surface area contributed by atoms with Gasteiger partial charge >= 0.3 is 0 Å². The fraction of sp³-hybridized carbons (Fsp3) is 0.133. The minimum absolute atomic E-state index is 0.853. The molecule has 0 N–H and O–H groups in total. The Morgan fingerprint density at radius 3 is 2.50 bits per heavy atom. The molecule has 0 radical (unpaired) electrons. The molecule has 0 aliphatic rings. The summed E-state index contributed by atoms with van der Waals surface area (Å²) in [5, 5.41) is 0. The summed E-state index contributed by atoms with van der Waals surface area (Å²) in [7, 11) is 0. The molecule has 0 unspecified atom stereocenters. The molecule has 0 fully saturated rings. The zero-order valence-electron chi connectivity index (χ0n) is 9.06. The van der Waals surface area contributed by atoms with Gasteiger partial charge in [0.2, 0.25) is 0 Å². The summed E-state index contributed by atoms with van der Waals surface area (Å²) in [6.07, 6.45) is 3.59. The van der Waals surface area contributed by atoms with E-state index in [2.05, 4.69) is 16.8 Å². The van der Waals surface area contributed by atoms with Crippen molar-refractivity contribution in [3.63, 3.8) is 0 Å².